The lowest BCUT2D eigenvalue weighted by Gasteiger charge is -2.36. The highest BCUT2D eigenvalue weighted by Gasteiger charge is 2.31. The summed E-state index contributed by atoms with van der Waals surface area (Å²) >= 11 is 0. The molecule has 3 aromatic rings. The number of nitrogens with zero attached hydrogens (tertiary/aromatic N) is 6. The fourth-order valence-electron chi connectivity index (χ4n) is 5.12. The van der Waals surface area contributed by atoms with Crippen molar-refractivity contribution in [1.82, 2.24) is 35.1 Å². The Morgan fingerprint density at radius 2 is 1.78 bits per heavy atom. The Hall–Kier alpha value is -4.54. The Balaban J connectivity index is 1.44. The van der Waals surface area contributed by atoms with E-state index in [1.807, 2.05) is 10.2 Å². The van der Waals surface area contributed by atoms with Crippen LogP contribution in [-0.4, -0.2) is 111 Å². The van der Waals surface area contributed by atoms with Crippen LogP contribution in [0, 0.1) is 5.92 Å². The Labute approximate surface area is 261 Å². The number of rotatable bonds is 10. The molecule has 2 fully saturated rings. The third-order valence-electron chi connectivity index (χ3n) is 7.70. The van der Waals surface area contributed by atoms with Crippen molar-refractivity contribution in [1.29, 1.82) is 0 Å². The van der Waals surface area contributed by atoms with E-state index >= 15 is 0 Å². The molecule has 15 nitrogen and oxygen atoms in total. The molecule has 0 spiro atoms. The minimum Gasteiger partial charge on any atom is -0.494 e. The number of carbonyl (C=O) groups is 3. The summed E-state index contributed by atoms with van der Waals surface area (Å²) in [6.45, 7) is 7.13. The number of ether oxygens (including phenoxy) is 1. The van der Waals surface area contributed by atoms with Crippen LogP contribution in [0.3, 0.4) is 0 Å². The van der Waals surface area contributed by atoms with Crippen LogP contribution >= 0.6 is 0 Å². The molecule has 5 rings (SSSR count). The van der Waals surface area contributed by atoms with Crippen LogP contribution in [-0.2, 0) is 11.8 Å². The van der Waals surface area contributed by atoms with E-state index in [1.54, 1.807) is 36.0 Å². The normalized spacial score (nSPS) is 15.6. The van der Waals surface area contributed by atoms with Crippen molar-refractivity contribution in [3.05, 3.63) is 41.7 Å². The van der Waals surface area contributed by atoms with Crippen LogP contribution in [0.2, 0.25) is 0 Å². The molecule has 16 heteroatoms. The van der Waals surface area contributed by atoms with Gasteiger partial charge in [0, 0.05) is 56.8 Å². The first-order valence-electron chi connectivity index (χ1n) is 14.6. The number of aryl methyl sites for hydroxylation is 1. The highest BCUT2D eigenvalue weighted by molar-refractivity contribution is 6.15. The van der Waals surface area contributed by atoms with Gasteiger partial charge in [-0.05, 0) is 44.9 Å². The second-order valence-electron chi connectivity index (χ2n) is 11.4. The molecule has 0 unspecified atom stereocenters. The maximum atomic E-state index is 13.4. The molecule has 2 aliphatic rings. The SMILES string of the molecule is [B]C(O)(O)NC(=O)c1nnc(NC(=O)C2CC2)cc1Nc1cccc(-c2cc(C(=O)N3CCN(C(C)C)CC3)n(C)n2)c1OC. The van der Waals surface area contributed by atoms with Gasteiger partial charge in [0.2, 0.25) is 5.91 Å². The largest absolute Gasteiger partial charge is 0.494 e. The molecule has 1 aliphatic carbocycles. The molecular weight excluding hydrogens is 581 g/mol. The van der Waals surface area contributed by atoms with Crippen LogP contribution in [0.5, 0.6) is 5.75 Å². The number of amides is 3. The Morgan fingerprint density at radius 3 is 2.40 bits per heavy atom. The summed E-state index contributed by atoms with van der Waals surface area (Å²) in [6.07, 6.45) is 1.55. The number of methoxy groups -OCH3 is 1. The van der Waals surface area contributed by atoms with Gasteiger partial charge in [0.25, 0.3) is 11.8 Å². The Morgan fingerprint density at radius 1 is 1.07 bits per heavy atom. The Kier molecular flexibility index (Phi) is 9.09. The van der Waals surface area contributed by atoms with Gasteiger partial charge in [-0.2, -0.15) is 5.10 Å². The lowest BCUT2D eigenvalue weighted by Crippen LogP contribution is -2.51. The molecule has 3 amide bonds. The van der Waals surface area contributed by atoms with Gasteiger partial charge < -0.3 is 35.8 Å². The standard InChI is InChI=1S/C29H36BN9O6/c1-16(2)38-10-12-39(13-11-38)28(42)22-14-20(36-37(22)3)18-6-5-7-19(25(18)45-4)31-21-15-23(32-26(40)17-8-9-17)34-35-24(21)27(41)33-29(30,43)44/h5-7,14-17,43-44H,8-13H2,1-4H3,(H,33,41)(H2,31,32,34,40). The molecule has 5 N–H and O–H groups in total. The number of para-hydroxylation sites is 1. The summed E-state index contributed by atoms with van der Waals surface area (Å²) in [4.78, 5) is 42.8. The van der Waals surface area contributed by atoms with Crippen molar-refractivity contribution in [2.45, 2.75) is 38.5 Å². The molecular formula is C29H36BN9O6. The second-order valence-corrected chi connectivity index (χ2v) is 11.4. The molecule has 3 heterocycles. The second kappa shape index (κ2) is 12.8. The van der Waals surface area contributed by atoms with E-state index in [0.29, 0.717) is 47.5 Å². The number of carbonyl (C=O) groups excluding carboxylic acids is 3. The zero-order valence-electron chi connectivity index (χ0n) is 25.6. The quantitative estimate of drug-likeness (QED) is 0.159. The zero-order chi connectivity index (χ0) is 32.5. The topological polar surface area (TPSA) is 187 Å². The maximum Gasteiger partial charge on any atom is 0.277 e. The van der Waals surface area contributed by atoms with Gasteiger partial charge >= 0.3 is 0 Å². The van der Waals surface area contributed by atoms with Crippen molar-refractivity contribution in [3.63, 3.8) is 0 Å². The maximum absolute atomic E-state index is 13.4. The Bertz CT molecular complexity index is 1590. The van der Waals surface area contributed by atoms with E-state index in [1.165, 1.54) is 13.2 Å². The van der Waals surface area contributed by atoms with Crippen LogP contribution in [0.4, 0.5) is 17.2 Å². The summed E-state index contributed by atoms with van der Waals surface area (Å²) in [5, 5.41) is 39.0. The summed E-state index contributed by atoms with van der Waals surface area (Å²) in [5.41, 5.74) is 1.57. The van der Waals surface area contributed by atoms with Crippen LogP contribution in [0.15, 0.2) is 30.3 Å². The molecule has 1 aliphatic heterocycles. The molecule has 0 atom stereocenters. The van der Waals surface area contributed by atoms with Crippen LogP contribution in [0.1, 0.15) is 47.7 Å². The number of piperazine rings is 1. The summed E-state index contributed by atoms with van der Waals surface area (Å²) < 4.78 is 7.30. The average Bonchev–Trinajstić information content (AvgIpc) is 3.77. The van der Waals surface area contributed by atoms with Crippen molar-refractivity contribution in [2.75, 3.05) is 43.9 Å². The summed E-state index contributed by atoms with van der Waals surface area (Å²) in [7, 11) is 8.31. The number of benzene rings is 1. The van der Waals surface area contributed by atoms with Crippen molar-refractivity contribution in [2.24, 2.45) is 13.0 Å². The lowest BCUT2D eigenvalue weighted by atomic mass is 10.0. The molecule has 236 valence electrons. The first-order valence-corrected chi connectivity index (χ1v) is 14.6. The van der Waals surface area contributed by atoms with E-state index in [2.05, 4.69) is 44.7 Å². The predicted octanol–water partition coefficient (Wildman–Crippen LogP) is 0.638. The van der Waals surface area contributed by atoms with E-state index in [-0.39, 0.29) is 34.9 Å². The number of aromatic nitrogens is 4. The fourth-order valence-corrected chi connectivity index (χ4v) is 5.12. The molecule has 0 bridgehead atoms. The van der Waals surface area contributed by atoms with Gasteiger partial charge in [-0.1, -0.05) is 6.07 Å². The predicted molar refractivity (Wildman–Crippen MR) is 165 cm³/mol. The fraction of sp³-hybridized carbons (Fsp3) is 0.448. The smallest absolute Gasteiger partial charge is 0.277 e. The van der Waals surface area contributed by atoms with Crippen molar-refractivity contribution < 1.29 is 29.3 Å². The first kappa shape index (κ1) is 31.9. The zero-order valence-corrected chi connectivity index (χ0v) is 25.6. The van der Waals surface area contributed by atoms with Gasteiger partial charge in [-0.3, -0.25) is 24.0 Å². The molecule has 1 saturated heterocycles. The highest BCUT2D eigenvalue weighted by atomic mass is 16.5. The highest BCUT2D eigenvalue weighted by Crippen LogP contribution is 2.38. The molecule has 2 aromatic heterocycles. The van der Waals surface area contributed by atoms with Gasteiger partial charge in [0.1, 0.15) is 5.69 Å². The van der Waals surface area contributed by atoms with Gasteiger partial charge in [0.05, 0.1) is 24.2 Å². The van der Waals surface area contributed by atoms with E-state index in [0.717, 1.165) is 25.9 Å². The van der Waals surface area contributed by atoms with Crippen LogP contribution in [0.25, 0.3) is 11.3 Å². The number of aliphatic hydroxyl groups is 2. The third-order valence-corrected chi connectivity index (χ3v) is 7.70. The number of hydrogen-bond donors (Lipinski definition) is 5. The van der Waals surface area contributed by atoms with E-state index in [4.69, 9.17) is 12.6 Å². The van der Waals surface area contributed by atoms with Gasteiger partial charge in [0.15, 0.2) is 30.9 Å². The minimum absolute atomic E-state index is 0.0609. The minimum atomic E-state index is -3.01. The van der Waals surface area contributed by atoms with Crippen LogP contribution < -0.4 is 20.7 Å². The number of hydrogen-bond acceptors (Lipinski definition) is 11. The van der Waals surface area contributed by atoms with Gasteiger partial charge in [-0.25, -0.2) is 0 Å². The van der Waals surface area contributed by atoms with Crippen molar-refractivity contribution >= 4 is 42.8 Å². The van der Waals surface area contributed by atoms with Crippen molar-refractivity contribution in [3.8, 4) is 17.0 Å². The van der Waals surface area contributed by atoms with E-state index < -0.39 is 11.7 Å². The third kappa shape index (κ3) is 7.41. The van der Waals surface area contributed by atoms with Gasteiger partial charge in [-0.15, -0.1) is 10.2 Å². The number of nitrogens with one attached hydrogen (secondary N) is 3. The first-order chi connectivity index (χ1) is 21.3. The lowest BCUT2D eigenvalue weighted by molar-refractivity contribution is -0.117. The molecule has 45 heavy (non-hydrogen) atoms. The summed E-state index contributed by atoms with van der Waals surface area (Å²) in [6, 6.07) is 8.71. The van der Waals surface area contributed by atoms with E-state index in [9.17, 15) is 24.6 Å². The number of anilines is 3. The molecule has 1 aromatic carbocycles. The average molecular weight is 617 g/mol. The molecule has 2 radical (unpaired) electrons. The summed E-state index contributed by atoms with van der Waals surface area (Å²) in [5.74, 6) is -4.08. The monoisotopic (exact) mass is 617 g/mol. The molecule has 1 saturated carbocycles.